The van der Waals surface area contributed by atoms with Gasteiger partial charge in [0.1, 0.15) is 11.9 Å². The number of carbonyl (C=O) groups is 2. The van der Waals surface area contributed by atoms with Crippen LogP contribution in [0.15, 0.2) is 84.9 Å². The summed E-state index contributed by atoms with van der Waals surface area (Å²) >= 11 is 0. The molecule has 1 fully saturated rings. The van der Waals surface area contributed by atoms with E-state index in [0.29, 0.717) is 38.3 Å². The van der Waals surface area contributed by atoms with Crippen LogP contribution in [0.25, 0.3) is 0 Å². The summed E-state index contributed by atoms with van der Waals surface area (Å²) < 4.78 is 6.10. The van der Waals surface area contributed by atoms with E-state index in [1.165, 1.54) is 0 Å². The summed E-state index contributed by atoms with van der Waals surface area (Å²) in [5.41, 5.74) is 2.29. The average molecular weight is 501 g/mol. The number of para-hydroxylation sites is 1. The molecule has 0 spiro atoms. The Bertz CT molecular complexity index is 1150. The van der Waals surface area contributed by atoms with Crippen LogP contribution in [0.5, 0.6) is 5.75 Å². The smallest absolute Gasteiger partial charge is 0.324 e. The molecule has 1 heterocycles. The second-order valence-electron chi connectivity index (χ2n) is 9.57. The highest BCUT2D eigenvalue weighted by atomic mass is 16.5. The number of piperidine rings is 1. The van der Waals surface area contributed by atoms with Crippen LogP contribution < -0.4 is 15.0 Å². The number of ether oxygens (including phenoxy) is 1. The Hall–Kier alpha value is -3.84. The summed E-state index contributed by atoms with van der Waals surface area (Å²) in [6.45, 7) is 2.95. The van der Waals surface area contributed by atoms with Crippen LogP contribution in [0.1, 0.15) is 28.8 Å². The predicted octanol–water partition coefficient (Wildman–Crippen LogP) is 4.65. The average Bonchev–Trinajstić information content (AvgIpc) is 2.93. The third-order valence-corrected chi connectivity index (χ3v) is 6.48. The molecule has 7 heteroatoms. The third kappa shape index (κ3) is 7.57. The number of likely N-dealkylation sites (N-methyl/N-ethyl adjacent to an activating group) is 1. The molecule has 0 saturated carbocycles. The number of rotatable bonds is 9. The van der Waals surface area contributed by atoms with Gasteiger partial charge < -0.3 is 19.9 Å². The number of nitrogens with zero attached hydrogens (tertiary/aromatic N) is 3. The second-order valence-corrected chi connectivity index (χ2v) is 9.57. The predicted molar refractivity (Wildman–Crippen MR) is 147 cm³/mol. The molecule has 37 heavy (non-hydrogen) atoms. The van der Waals surface area contributed by atoms with Gasteiger partial charge in [-0.15, -0.1) is 0 Å². The van der Waals surface area contributed by atoms with Gasteiger partial charge in [-0.05, 0) is 50.0 Å². The number of urea groups is 1. The molecule has 1 aliphatic rings. The molecule has 0 unspecified atom stereocenters. The molecule has 0 aliphatic carbocycles. The lowest BCUT2D eigenvalue weighted by molar-refractivity contribution is 0.0950. The summed E-state index contributed by atoms with van der Waals surface area (Å²) in [4.78, 5) is 32.3. The minimum atomic E-state index is -0.162. The van der Waals surface area contributed by atoms with Gasteiger partial charge in [-0.1, -0.05) is 54.6 Å². The van der Waals surface area contributed by atoms with Crippen molar-refractivity contribution >= 4 is 17.6 Å². The molecule has 0 aromatic heterocycles. The molecule has 194 valence electrons. The van der Waals surface area contributed by atoms with Crippen molar-refractivity contribution in [2.24, 2.45) is 0 Å². The van der Waals surface area contributed by atoms with Gasteiger partial charge in [0, 0.05) is 56.8 Å². The second kappa shape index (κ2) is 12.9. The highest BCUT2D eigenvalue weighted by Gasteiger charge is 2.28. The van der Waals surface area contributed by atoms with E-state index in [4.69, 9.17) is 4.74 Å². The van der Waals surface area contributed by atoms with Crippen LogP contribution in [0.3, 0.4) is 0 Å². The van der Waals surface area contributed by atoms with Crippen molar-refractivity contribution in [3.05, 3.63) is 96.1 Å². The lowest BCUT2D eigenvalue weighted by Gasteiger charge is -2.36. The first-order valence-corrected chi connectivity index (χ1v) is 12.8. The zero-order chi connectivity index (χ0) is 26.0. The lowest BCUT2D eigenvalue weighted by Crippen LogP contribution is -2.50. The van der Waals surface area contributed by atoms with Crippen molar-refractivity contribution in [1.29, 1.82) is 0 Å². The fraction of sp³-hybridized carbons (Fsp3) is 0.333. The highest BCUT2D eigenvalue weighted by Crippen LogP contribution is 2.23. The van der Waals surface area contributed by atoms with Gasteiger partial charge in [-0.2, -0.15) is 0 Å². The molecule has 1 aliphatic heterocycles. The summed E-state index contributed by atoms with van der Waals surface area (Å²) in [5.74, 6) is 0.701. The lowest BCUT2D eigenvalue weighted by atomic mass is 10.1. The summed E-state index contributed by atoms with van der Waals surface area (Å²) in [6, 6.07) is 26.9. The summed E-state index contributed by atoms with van der Waals surface area (Å²) in [7, 11) is 3.98. The standard InChI is InChI=1S/C30H36N4O3/c1-32(2)20-21-34(30(36)33-18-16-28(17-19-33)37-27-14-7-4-8-15-27)26-13-9-12-25(22-26)29(35)31-23-24-10-5-3-6-11-24/h3-15,22,28H,16-21,23H2,1-2H3,(H,31,35). The van der Waals surface area contributed by atoms with E-state index in [0.717, 1.165) is 29.8 Å². The van der Waals surface area contributed by atoms with Gasteiger partial charge in [0.05, 0.1) is 0 Å². The summed E-state index contributed by atoms with van der Waals surface area (Å²) in [6.07, 6.45) is 1.66. The molecular weight excluding hydrogens is 464 g/mol. The van der Waals surface area contributed by atoms with Gasteiger partial charge in [0.2, 0.25) is 0 Å². The zero-order valence-electron chi connectivity index (χ0n) is 21.7. The molecule has 3 aromatic carbocycles. The molecule has 1 saturated heterocycles. The van der Waals surface area contributed by atoms with E-state index in [-0.39, 0.29) is 18.0 Å². The van der Waals surface area contributed by atoms with Crippen LogP contribution in [-0.2, 0) is 6.54 Å². The molecular formula is C30H36N4O3. The number of carbonyl (C=O) groups excluding carboxylic acids is 2. The van der Waals surface area contributed by atoms with Crippen LogP contribution in [0.4, 0.5) is 10.5 Å². The van der Waals surface area contributed by atoms with E-state index in [9.17, 15) is 9.59 Å². The third-order valence-electron chi connectivity index (χ3n) is 6.48. The van der Waals surface area contributed by atoms with E-state index in [1.54, 1.807) is 17.0 Å². The van der Waals surface area contributed by atoms with Crippen molar-refractivity contribution in [3.8, 4) is 5.75 Å². The first kappa shape index (κ1) is 26.2. The van der Waals surface area contributed by atoms with Gasteiger partial charge in [0.15, 0.2) is 0 Å². The monoisotopic (exact) mass is 500 g/mol. The number of benzene rings is 3. The minimum Gasteiger partial charge on any atom is -0.490 e. The maximum absolute atomic E-state index is 13.7. The van der Waals surface area contributed by atoms with Gasteiger partial charge in [-0.25, -0.2) is 4.79 Å². The maximum Gasteiger partial charge on any atom is 0.324 e. The molecule has 0 radical (unpaired) electrons. The van der Waals surface area contributed by atoms with Crippen molar-refractivity contribution < 1.29 is 14.3 Å². The number of likely N-dealkylation sites (tertiary alicyclic amines) is 1. The number of hydrogen-bond acceptors (Lipinski definition) is 4. The number of nitrogens with one attached hydrogen (secondary N) is 1. The fourth-order valence-electron chi connectivity index (χ4n) is 4.36. The molecule has 0 bridgehead atoms. The normalized spacial score (nSPS) is 13.9. The van der Waals surface area contributed by atoms with Crippen molar-refractivity contribution in [2.75, 3.05) is 45.2 Å². The Labute approximate surface area is 219 Å². The Kier molecular flexibility index (Phi) is 9.16. The molecule has 1 N–H and O–H groups in total. The minimum absolute atomic E-state index is 0.0399. The number of hydrogen-bond donors (Lipinski definition) is 1. The maximum atomic E-state index is 13.7. The SMILES string of the molecule is CN(C)CCN(C(=O)N1CCC(Oc2ccccc2)CC1)c1cccc(C(=O)NCc2ccccc2)c1. The van der Waals surface area contributed by atoms with Crippen LogP contribution in [0.2, 0.25) is 0 Å². The summed E-state index contributed by atoms with van der Waals surface area (Å²) in [5, 5.41) is 2.97. The van der Waals surface area contributed by atoms with Crippen molar-refractivity contribution in [3.63, 3.8) is 0 Å². The van der Waals surface area contributed by atoms with E-state index in [1.807, 2.05) is 91.8 Å². The quantitative estimate of drug-likeness (QED) is 0.465. The fourth-order valence-corrected chi connectivity index (χ4v) is 4.36. The van der Waals surface area contributed by atoms with Crippen LogP contribution >= 0.6 is 0 Å². The van der Waals surface area contributed by atoms with E-state index in [2.05, 4.69) is 10.2 Å². The largest absolute Gasteiger partial charge is 0.490 e. The molecule has 0 atom stereocenters. The van der Waals surface area contributed by atoms with Gasteiger partial charge >= 0.3 is 6.03 Å². The Morgan fingerprint density at radius 2 is 1.57 bits per heavy atom. The zero-order valence-corrected chi connectivity index (χ0v) is 21.7. The Morgan fingerprint density at radius 1 is 0.892 bits per heavy atom. The van der Waals surface area contributed by atoms with E-state index >= 15 is 0 Å². The molecule has 4 rings (SSSR count). The van der Waals surface area contributed by atoms with Gasteiger partial charge in [0.25, 0.3) is 5.91 Å². The van der Waals surface area contributed by atoms with Crippen molar-refractivity contribution in [1.82, 2.24) is 15.1 Å². The first-order valence-electron chi connectivity index (χ1n) is 12.8. The van der Waals surface area contributed by atoms with E-state index < -0.39 is 0 Å². The van der Waals surface area contributed by atoms with Gasteiger partial charge in [-0.3, -0.25) is 9.69 Å². The molecule has 3 amide bonds. The Morgan fingerprint density at radius 3 is 2.24 bits per heavy atom. The topological polar surface area (TPSA) is 65.1 Å². The van der Waals surface area contributed by atoms with Crippen LogP contribution in [0, 0.1) is 0 Å². The molecule has 3 aromatic rings. The van der Waals surface area contributed by atoms with Crippen molar-refractivity contribution in [2.45, 2.75) is 25.5 Å². The number of anilines is 1. The first-order chi connectivity index (χ1) is 18.0. The Balaban J connectivity index is 1.41. The highest BCUT2D eigenvalue weighted by molar-refractivity contribution is 5.97. The number of amides is 3. The molecule has 7 nitrogen and oxygen atoms in total. The van der Waals surface area contributed by atoms with Crippen LogP contribution in [-0.4, -0.2) is 68.1 Å².